The van der Waals surface area contributed by atoms with Crippen molar-refractivity contribution in [2.75, 3.05) is 12.3 Å². The highest BCUT2D eigenvalue weighted by Crippen LogP contribution is 2.12. The van der Waals surface area contributed by atoms with Crippen molar-refractivity contribution in [2.45, 2.75) is 20.0 Å². The van der Waals surface area contributed by atoms with Crippen molar-refractivity contribution in [3.63, 3.8) is 0 Å². The van der Waals surface area contributed by atoms with Crippen LogP contribution in [-0.4, -0.2) is 17.2 Å². The second-order valence-electron chi connectivity index (χ2n) is 5.43. The Morgan fingerprint density at radius 1 is 0.850 bits per heavy atom. The third-order valence-corrected chi connectivity index (χ3v) is 4.00. The number of nitrogens with zero attached hydrogens (tertiary/aromatic N) is 1. The van der Waals surface area contributed by atoms with E-state index in [1.807, 2.05) is 0 Å². The summed E-state index contributed by atoms with van der Waals surface area (Å²) >= 11 is 4.42. The van der Waals surface area contributed by atoms with Gasteiger partial charge in [0.15, 0.2) is 0 Å². The molecule has 0 aliphatic rings. The normalized spacial score (nSPS) is 12.6. The van der Waals surface area contributed by atoms with Gasteiger partial charge in [-0.1, -0.05) is 67.6 Å². The molecule has 2 aromatic carbocycles. The molecular weight excluding hydrogens is 262 g/mol. The van der Waals surface area contributed by atoms with Gasteiger partial charge >= 0.3 is 0 Å². The fraction of sp³-hybridized carbons (Fsp3) is 0.333. The summed E-state index contributed by atoms with van der Waals surface area (Å²) in [5.41, 5.74) is 2.74. The van der Waals surface area contributed by atoms with Crippen LogP contribution in [0, 0.1) is 5.92 Å². The standard InChI is InChI=1S/C18H23NS/c1-16(15-20)12-19(13-17-8-4-2-5-9-17)14-18-10-6-3-7-11-18/h2-11,16,20H,12-15H2,1H3. The molecule has 20 heavy (non-hydrogen) atoms. The van der Waals surface area contributed by atoms with Gasteiger partial charge in [0.05, 0.1) is 0 Å². The third-order valence-electron chi connectivity index (χ3n) is 3.38. The smallest absolute Gasteiger partial charge is 0.0237 e. The van der Waals surface area contributed by atoms with E-state index in [0.717, 1.165) is 25.4 Å². The van der Waals surface area contributed by atoms with Crippen LogP contribution in [0.1, 0.15) is 18.1 Å². The maximum atomic E-state index is 4.42. The highest BCUT2D eigenvalue weighted by Gasteiger charge is 2.10. The Labute approximate surface area is 128 Å². The highest BCUT2D eigenvalue weighted by atomic mass is 32.1. The predicted molar refractivity (Wildman–Crippen MR) is 90.0 cm³/mol. The first-order valence-corrected chi connectivity index (χ1v) is 7.82. The molecule has 0 aromatic heterocycles. The maximum absolute atomic E-state index is 4.42. The van der Waals surface area contributed by atoms with Crippen LogP contribution in [0.4, 0.5) is 0 Å². The number of benzene rings is 2. The second-order valence-corrected chi connectivity index (χ2v) is 5.79. The molecule has 1 unspecified atom stereocenters. The summed E-state index contributed by atoms with van der Waals surface area (Å²) < 4.78 is 0. The Kier molecular flexibility index (Phi) is 6.16. The van der Waals surface area contributed by atoms with Crippen molar-refractivity contribution in [1.82, 2.24) is 4.90 Å². The van der Waals surface area contributed by atoms with E-state index in [9.17, 15) is 0 Å². The summed E-state index contributed by atoms with van der Waals surface area (Å²) in [6.07, 6.45) is 0. The van der Waals surface area contributed by atoms with Crippen molar-refractivity contribution >= 4 is 12.6 Å². The first kappa shape index (κ1) is 15.1. The lowest BCUT2D eigenvalue weighted by molar-refractivity contribution is 0.229. The van der Waals surface area contributed by atoms with E-state index in [2.05, 4.69) is 85.1 Å². The molecule has 1 nitrogen and oxygen atoms in total. The van der Waals surface area contributed by atoms with E-state index in [4.69, 9.17) is 0 Å². The first-order valence-electron chi connectivity index (χ1n) is 7.19. The SMILES string of the molecule is CC(CS)CN(Cc1ccccc1)Cc1ccccc1. The van der Waals surface area contributed by atoms with Crippen molar-refractivity contribution in [3.05, 3.63) is 71.8 Å². The molecule has 0 N–H and O–H groups in total. The van der Waals surface area contributed by atoms with E-state index in [1.54, 1.807) is 0 Å². The molecule has 0 heterocycles. The van der Waals surface area contributed by atoms with E-state index >= 15 is 0 Å². The van der Waals surface area contributed by atoms with Gasteiger partial charge in [0.2, 0.25) is 0 Å². The van der Waals surface area contributed by atoms with Gasteiger partial charge in [0, 0.05) is 19.6 Å². The molecule has 0 radical (unpaired) electrons. The van der Waals surface area contributed by atoms with Crippen molar-refractivity contribution in [2.24, 2.45) is 5.92 Å². The minimum Gasteiger partial charge on any atom is -0.295 e. The fourth-order valence-electron chi connectivity index (χ4n) is 2.37. The van der Waals surface area contributed by atoms with Gasteiger partial charge in [-0.25, -0.2) is 0 Å². The molecular formula is C18H23NS. The summed E-state index contributed by atoms with van der Waals surface area (Å²) in [5, 5.41) is 0. The van der Waals surface area contributed by atoms with Crippen LogP contribution in [0.15, 0.2) is 60.7 Å². The topological polar surface area (TPSA) is 3.24 Å². The molecule has 106 valence electrons. The highest BCUT2D eigenvalue weighted by molar-refractivity contribution is 7.80. The lowest BCUT2D eigenvalue weighted by atomic mass is 10.1. The average molecular weight is 285 g/mol. The van der Waals surface area contributed by atoms with E-state index in [1.165, 1.54) is 11.1 Å². The molecule has 0 bridgehead atoms. The van der Waals surface area contributed by atoms with Gasteiger partial charge in [-0.05, 0) is 22.8 Å². The summed E-state index contributed by atoms with van der Waals surface area (Å²) in [6, 6.07) is 21.4. The molecule has 0 fully saturated rings. The molecule has 0 saturated heterocycles. The molecule has 0 aliphatic heterocycles. The van der Waals surface area contributed by atoms with Crippen LogP contribution in [0.25, 0.3) is 0 Å². The zero-order valence-corrected chi connectivity index (χ0v) is 13.0. The first-order chi connectivity index (χ1) is 9.78. The maximum Gasteiger partial charge on any atom is 0.0237 e. The van der Waals surface area contributed by atoms with Crippen LogP contribution in [0.5, 0.6) is 0 Å². The van der Waals surface area contributed by atoms with Gasteiger partial charge in [0.1, 0.15) is 0 Å². The Hall–Kier alpha value is -1.25. The lowest BCUT2D eigenvalue weighted by Crippen LogP contribution is -2.28. The number of rotatable bonds is 7. The number of hydrogen-bond donors (Lipinski definition) is 1. The molecule has 2 aromatic rings. The minimum absolute atomic E-state index is 0.603. The Bertz CT molecular complexity index is 442. The summed E-state index contributed by atoms with van der Waals surface area (Å²) in [4.78, 5) is 2.51. The van der Waals surface area contributed by atoms with Gasteiger partial charge in [-0.2, -0.15) is 12.6 Å². The third kappa shape index (κ3) is 5.03. The summed E-state index contributed by atoms with van der Waals surface area (Å²) in [6.45, 7) is 5.32. The Morgan fingerprint density at radius 2 is 1.30 bits per heavy atom. The molecule has 2 rings (SSSR count). The average Bonchev–Trinajstić information content (AvgIpc) is 2.49. The quantitative estimate of drug-likeness (QED) is 0.744. The van der Waals surface area contributed by atoms with E-state index in [0.29, 0.717) is 5.92 Å². The zero-order chi connectivity index (χ0) is 14.2. The van der Waals surface area contributed by atoms with Crippen LogP contribution >= 0.6 is 12.6 Å². The lowest BCUT2D eigenvalue weighted by Gasteiger charge is -2.25. The van der Waals surface area contributed by atoms with Crippen LogP contribution in [0.2, 0.25) is 0 Å². The molecule has 0 amide bonds. The zero-order valence-electron chi connectivity index (χ0n) is 12.1. The van der Waals surface area contributed by atoms with Crippen molar-refractivity contribution in [3.8, 4) is 0 Å². The van der Waals surface area contributed by atoms with Crippen molar-refractivity contribution in [1.29, 1.82) is 0 Å². The predicted octanol–water partition coefficient (Wildman–Crippen LogP) is 4.25. The minimum atomic E-state index is 0.603. The monoisotopic (exact) mass is 285 g/mol. The van der Waals surface area contributed by atoms with Crippen LogP contribution in [-0.2, 0) is 13.1 Å². The van der Waals surface area contributed by atoms with Crippen molar-refractivity contribution < 1.29 is 0 Å². The van der Waals surface area contributed by atoms with E-state index in [-0.39, 0.29) is 0 Å². The summed E-state index contributed by atoms with van der Waals surface area (Å²) in [7, 11) is 0. The van der Waals surface area contributed by atoms with E-state index < -0.39 is 0 Å². The van der Waals surface area contributed by atoms with Gasteiger partial charge in [-0.3, -0.25) is 4.90 Å². The summed E-state index contributed by atoms with van der Waals surface area (Å²) in [5.74, 6) is 1.53. The molecule has 1 atom stereocenters. The largest absolute Gasteiger partial charge is 0.295 e. The second kappa shape index (κ2) is 8.13. The van der Waals surface area contributed by atoms with Gasteiger partial charge in [-0.15, -0.1) is 0 Å². The molecule has 0 spiro atoms. The fourth-order valence-corrected chi connectivity index (χ4v) is 2.48. The Morgan fingerprint density at radius 3 is 1.70 bits per heavy atom. The number of hydrogen-bond acceptors (Lipinski definition) is 2. The van der Waals surface area contributed by atoms with Crippen LogP contribution in [0.3, 0.4) is 0 Å². The molecule has 2 heteroatoms. The molecule has 0 aliphatic carbocycles. The Balaban J connectivity index is 2.04. The number of thiol groups is 1. The molecule has 0 saturated carbocycles. The van der Waals surface area contributed by atoms with Gasteiger partial charge in [0.25, 0.3) is 0 Å². The van der Waals surface area contributed by atoms with Gasteiger partial charge < -0.3 is 0 Å². The van der Waals surface area contributed by atoms with Crippen LogP contribution < -0.4 is 0 Å².